The Balaban J connectivity index is 2.48. The fourth-order valence-corrected chi connectivity index (χ4v) is 1.07. The van der Waals surface area contributed by atoms with E-state index in [4.69, 9.17) is 5.73 Å². The number of nitrogens with two attached hydrogens (primary N) is 1. The Morgan fingerprint density at radius 1 is 1.21 bits per heavy atom. The number of rotatable bonds is 1. The number of hydrogen-bond acceptors (Lipinski definition) is 4. The Hall–Kier alpha value is -1.97. The van der Waals surface area contributed by atoms with Crippen molar-refractivity contribution < 1.29 is 0 Å². The molecule has 0 aliphatic rings. The van der Waals surface area contributed by atoms with Crippen molar-refractivity contribution in [3.63, 3.8) is 0 Å². The summed E-state index contributed by atoms with van der Waals surface area (Å²) in [5.41, 5.74) is 7.29. The second-order valence-electron chi connectivity index (χ2n) is 2.98. The summed E-state index contributed by atoms with van der Waals surface area (Å²) < 4.78 is 0. The third kappa shape index (κ3) is 1.54. The van der Waals surface area contributed by atoms with Crippen LogP contribution in [0.4, 0.5) is 5.82 Å². The first-order chi connectivity index (χ1) is 6.77. The summed E-state index contributed by atoms with van der Waals surface area (Å²) in [6, 6.07) is 5.59. The Labute approximate surface area is 81.9 Å². The van der Waals surface area contributed by atoms with Gasteiger partial charge in [0.05, 0.1) is 0 Å². The number of aryl methyl sites for hydroxylation is 1. The van der Waals surface area contributed by atoms with Crippen LogP contribution in [-0.4, -0.2) is 15.0 Å². The number of nitrogen functional groups attached to an aromatic ring is 1. The van der Waals surface area contributed by atoms with E-state index in [0.717, 1.165) is 11.3 Å². The first kappa shape index (κ1) is 8.62. The second kappa shape index (κ2) is 3.41. The van der Waals surface area contributed by atoms with Crippen LogP contribution in [0.3, 0.4) is 0 Å². The fraction of sp³-hybridized carbons (Fsp3) is 0.100. The molecule has 4 heteroatoms. The normalized spacial score (nSPS) is 10.1. The molecule has 0 amide bonds. The van der Waals surface area contributed by atoms with E-state index in [1.165, 1.54) is 0 Å². The molecular weight excluding hydrogens is 176 g/mol. The molecule has 0 aliphatic heterocycles. The summed E-state index contributed by atoms with van der Waals surface area (Å²) >= 11 is 0. The van der Waals surface area contributed by atoms with Crippen LogP contribution >= 0.6 is 0 Å². The van der Waals surface area contributed by atoms with Crippen molar-refractivity contribution in [1.82, 2.24) is 15.0 Å². The van der Waals surface area contributed by atoms with Crippen LogP contribution in [0.25, 0.3) is 11.5 Å². The molecule has 2 heterocycles. The molecule has 2 aromatic rings. The van der Waals surface area contributed by atoms with Gasteiger partial charge in [-0.15, -0.1) is 0 Å². The van der Waals surface area contributed by atoms with E-state index in [-0.39, 0.29) is 0 Å². The van der Waals surface area contributed by atoms with E-state index >= 15 is 0 Å². The lowest BCUT2D eigenvalue weighted by atomic mass is 10.3. The van der Waals surface area contributed by atoms with Gasteiger partial charge in [-0.25, -0.2) is 9.97 Å². The predicted molar refractivity (Wildman–Crippen MR) is 54.4 cm³/mol. The summed E-state index contributed by atoms with van der Waals surface area (Å²) in [6.45, 7) is 1.87. The summed E-state index contributed by atoms with van der Waals surface area (Å²) in [7, 11) is 0. The number of anilines is 1. The van der Waals surface area contributed by atoms with Gasteiger partial charge in [0.15, 0.2) is 5.82 Å². The molecule has 0 aliphatic carbocycles. The van der Waals surface area contributed by atoms with Gasteiger partial charge in [0.25, 0.3) is 0 Å². The van der Waals surface area contributed by atoms with Gasteiger partial charge in [0.1, 0.15) is 11.5 Å². The summed E-state index contributed by atoms with van der Waals surface area (Å²) in [4.78, 5) is 12.4. The minimum absolute atomic E-state index is 0.501. The highest BCUT2D eigenvalue weighted by Crippen LogP contribution is 2.13. The van der Waals surface area contributed by atoms with Gasteiger partial charge < -0.3 is 5.73 Å². The van der Waals surface area contributed by atoms with Crippen molar-refractivity contribution in [2.45, 2.75) is 6.92 Å². The third-order valence-corrected chi connectivity index (χ3v) is 1.90. The molecular formula is C10H10N4. The first-order valence-electron chi connectivity index (χ1n) is 4.28. The third-order valence-electron chi connectivity index (χ3n) is 1.90. The number of nitrogens with zero attached hydrogens (tertiary/aromatic N) is 3. The van der Waals surface area contributed by atoms with E-state index in [1.807, 2.05) is 25.1 Å². The predicted octanol–water partition coefficient (Wildman–Crippen LogP) is 1.43. The first-order valence-corrected chi connectivity index (χ1v) is 4.28. The quantitative estimate of drug-likeness (QED) is 0.731. The lowest BCUT2D eigenvalue weighted by molar-refractivity contribution is 1.12. The smallest absolute Gasteiger partial charge is 0.180 e. The van der Waals surface area contributed by atoms with Crippen LogP contribution in [-0.2, 0) is 0 Å². The highest BCUT2D eigenvalue weighted by molar-refractivity contribution is 5.52. The van der Waals surface area contributed by atoms with Gasteiger partial charge in [-0.05, 0) is 19.1 Å². The molecule has 0 unspecified atom stereocenters. The van der Waals surface area contributed by atoms with Crippen molar-refractivity contribution in [3.8, 4) is 11.5 Å². The molecule has 4 nitrogen and oxygen atoms in total. The maximum atomic E-state index is 5.68. The monoisotopic (exact) mass is 186 g/mol. The van der Waals surface area contributed by atoms with Crippen LogP contribution in [0.5, 0.6) is 0 Å². The molecule has 2 rings (SSSR count). The number of aromatic nitrogens is 3. The summed E-state index contributed by atoms with van der Waals surface area (Å²) in [5, 5.41) is 0. The lowest BCUT2D eigenvalue weighted by Crippen LogP contribution is -1.98. The summed E-state index contributed by atoms with van der Waals surface area (Å²) in [6.07, 6.45) is 3.40. The van der Waals surface area contributed by atoms with E-state index in [0.29, 0.717) is 11.6 Å². The SMILES string of the molecule is Cc1cnc(-c2ccccn2)nc1N. The Bertz CT molecular complexity index is 439. The van der Waals surface area contributed by atoms with Crippen molar-refractivity contribution in [2.75, 3.05) is 5.73 Å². The van der Waals surface area contributed by atoms with E-state index in [1.54, 1.807) is 12.4 Å². The molecule has 0 radical (unpaired) electrons. The Kier molecular flexibility index (Phi) is 2.10. The maximum Gasteiger partial charge on any atom is 0.180 e. The standard InChI is InChI=1S/C10H10N4/c1-7-6-13-10(14-9(7)11)8-4-2-3-5-12-8/h2-6H,1H3,(H2,11,13,14). The molecule has 2 aromatic heterocycles. The topological polar surface area (TPSA) is 64.7 Å². The zero-order chi connectivity index (χ0) is 9.97. The van der Waals surface area contributed by atoms with Gasteiger partial charge in [-0.2, -0.15) is 0 Å². The molecule has 0 spiro atoms. The van der Waals surface area contributed by atoms with E-state index < -0.39 is 0 Å². The van der Waals surface area contributed by atoms with Crippen LogP contribution in [0.1, 0.15) is 5.56 Å². The van der Waals surface area contributed by atoms with Crippen molar-refractivity contribution in [3.05, 3.63) is 36.2 Å². The van der Waals surface area contributed by atoms with Crippen molar-refractivity contribution >= 4 is 5.82 Å². The van der Waals surface area contributed by atoms with Crippen molar-refractivity contribution in [2.24, 2.45) is 0 Å². The van der Waals surface area contributed by atoms with E-state index in [2.05, 4.69) is 15.0 Å². The largest absolute Gasteiger partial charge is 0.383 e. The van der Waals surface area contributed by atoms with Gasteiger partial charge in [-0.3, -0.25) is 4.98 Å². The average Bonchev–Trinajstić information content (AvgIpc) is 2.23. The molecule has 0 saturated heterocycles. The molecule has 70 valence electrons. The van der Waals surface area contributed by atoms with Crippen LogP contribution in [0.15, 0.2) is 30.6 Å². The van der Waals surface area contributed by atoms with Gasteiger partial charge in [0, 0.05) is 18.0 Å². The molecule has 0 fully saturated rings. The van der Waals surface area contributed by atoms with Crippen LogP contribution < -0.4 is 5.73 Å². The second-order valence-corrected chi connectivity index (χ2v) is 2.98. The number of hydrogen-bond donors (Lipinski definition) is 1. The zero-order valence-corrected chi connectivity index (χ0v) is 7.81. The zero-order valence-electron chi connectivity index (χ0n) is 7.81. The molecule has 0 aromatic carbocycles. The minimum atomic E-state index is 0.501. The van der Waals surface area contributed by atoms with Crippen LogP contribution in [0.2, 0.25) is 0 Å². The molecule has 0 atom stereocenters. The average molecular weight is 186 g/mol. The molecule has 0 saturated carbocycles. The minimum Gasteiger partial charge on any atom is -0.383 e. The van der Waals surface area contributed by atoms with Gasteiger partial charge in [0.2, 0.25) is 0 Å². The molecule has 0 bridgehead atoms. The van der Waals surface area contributed by atoms with Crippen LogP contribution in [0, 0.1) is 6.92 Å². The molecule has 2 N–H and O–H groups in total. The van der Waals surface area contributed by atoms with Gasteiger partial charge in [-0.1, -0.05) is 6.07 Å². The highest BCUT2D eigenvalue weighted by atomic mass is 15.0. The van der Waals surface area contributed by atoms with Crippen molar-refractivity contribution in [1.29, 1.82) is 0 Å². The summed E-state index contributed by atoms with van der Waals surface area (Å²) in [5.74, 6) is 1.06. The highest BCUT2D eigenvalue weighted by Gasteiger charge is 2.03. The number of pyridine rings is 1. The van der Waals surface area contributed by atoms with E-state index in [9.17, 15) is 0 Å². The lowest BCUT2D eigenvalue weighted by Gasteiger charge is -2.01. The van der Waals surface area contributed by atoms with Gasteiger partial charge >= 0.3 is 0 Å². The molecule has 14 heavy (non-hydrogen) atoms. The Morgan fingerprint density at radius 2 is 2.07 bits per heavy atom. The maximum absolute atomic E-state index is 5.68. The fourth-order valence-electron chi connectivity index (χ4n) is 1.07. The Morgan fingerprint density at radius 3 is 2.71 bits per heavy atom.